The molecular weight excluding hydrogens is 539 g/mol. The molecule has 0 aromatic heterocycles. The first-order valence-electron chi connectivity index (χ1n) is 9.98. The highest BCUT2D eigenvalue weighted by atomic mass is 127. The van der Waals surface area contributed by atoms with Gasteiger partial charge in [0, 0.05) is 37.7 Å². The molecule has 0 spiro atoms. The van der Waals surface area contributed by atoms with E-state index in [1.807, 2.05) is 12.1 Å². The van der Waals surface area contributed by atoms with Crippen LogP contribution >= 0.6 is 35.6 Å². The molecule has 0 amide bonds. The van der Waals surface area contributed by atoms with Crippen LogP contribution in [-0.4, -0.2) is 75.7 Å². The van der Waals surface area contributed by atoms with Gasteiger partial charge in [-0.25, -0.2) is 8.42 Å². The molecule has 1 aromatic carbocycles. The first-order valence-corrected chi connectivity index (χ1v) is 12.2. The highest BCUT2D eigenvalue weighted by Crippen LogP contribution is 2.27. The van der Waals surface area contributed by atoms with Crippen molar-refractivity contribution in [3.8, 4) is 0 Å². The molecule has 2 atom stereocenters. The maximum atomic E-state index is 11.7. The molecule has 7 nitrogen and oxygen atoms in total. The number of sulfone groups is 1. The lowest BCUT2D eigenvalue weighted by Gasteiger charge is -2.42. The van der Waals surface area contributed by atoms with E-state index >= 15 is 0 Å². The topological polar surface area (TPSA) is 83.0 Å². The Bertz CT molecular complexity index is 833. The SMILES string of the molecule is CN=C(NCC(c1ccc(Cl)cc1)N1CCOC(C)(C)C1)NC1CCS(=O)(=O)C1.I. The molecule has 2 fully saturated rings. The molecule has 0 bridgehead atoms. The molecule has 3 rings (SSSR count). The maximum absolute atomic E-state index is 11.7. The van der Waals surface area contributed by atoms with Gasteiger partial charge < -0.3 is 15.4 Å². The summed E-state index contributed by atoms with van der Waals surface area (Å²) in [5, 5.41) is 7.35. The number of hydrogen-bond acceptors (Lipinski definition) is 5. The molecule has 2 unspecified atom stereocenters. The third-order valence-electron chi connectivity index (χ3n) is 5.41. The Morgan fingerprint density at radius 3 is 2.63 bits per heavy atom. The summed E-state index contributed by atoms with van der Waals surface area (Å²) in [6.07, 6.45) is 0.612. The Hall–Kier alpha value is -0.620. The van der Waals surface area contributed by atoms with Crippen LogP contribution in [0.5, 0.6) is 0 Å². The van der Waals surface area contributed by atoms with Gasteiger partial charge in [-0.1, -0.05) is 23.7 Å². The second kappa shape index (κ2) is 10.8. The van der Waals surface area contributed by atoms with Gasteiger partial charge in [-0.2, -0.15) is 0 Å². The van der Waals surface area contributed by atoms with E-state index in [0.717, 1.165) is 13.1 Å². The van der Waals surface area contributed by atoms with Gasteiger partial charge in [0.1, 0.15) is 0 Å². The molecule has 0 radical (unpaired) electrons. The maximum Gasteiger partial charge on any atom is 0.191 e. The summed E-state index contributed by atoms with van der Waals surface area (Å²) < 4.78 is 29.3. The van der Waals surface area contributed by atoms with Crippen molar-refractivity contribution in [1.82, 2.24) is 15.5 Å². The van der Waals surface area contributed by atoms with E-state index in [1.165, 1.54) is 5.56 Å². The number of rotatable bonds is 5. The molecule has 10 heteroatoms. The molecule has 0 saturated carbocycles. The van der Waals surface area contributed by atoms with E-state index in [9.17, 15) is 8.42 Å². The van der Waals surface area contributed by atoms with Crippen molar-refractivity contribution in [3.05, 3.63) is 34.9 Å². The van der Waals surface area contributed by atoms with Gasteiger partial charge in [0.25, 0.3) is 0 Å². The fourth-order valence-corrected chi connectivity index (χ4v) is 5.75. The Morgan fingerprint density at radius 1 is 1.37 bits per heavy atom. The third-order valence-corrected chi connectivity index (χ3v) is 7.43. The van der Waals surface area contributed by atoms with Crippen LogP contribution in [0.2, 0.25) is 5.02 Å². The molecule has 2 saturated heterocycles. The van der Waals surface area contributed by atoms with Gasteiger partial charge in [0.2, 0.25) is 0 Å². The third kappa shape index (κ3) is 7.22. The van der Waals surface area contributed by atoms with E-state index in [1.54, 1.807) is 7.05 Å². The van der Waals surface area contributed by atoms with Gasteiger partial charge in [0.15, 0.2) is 15.8 Å². The quantitative estimate of drug-likeness (QED) is 0.322. The minimum absolute atomic E-state index is 0. The fourth-order valence-electron chi connectivity index (χ4n) is 3.95. The largest absolute Gasteiger partial charge is 0.373 e. The molecular formula is C20H32ClIN4O3S. The number of aliphatic imine (C=N–C) groups is 1. The van der Waals surface area contributed by atoms with Crippen LogP contribution in [-0.2, 0) is 14.6 Å². The molecule has 170 valence electrons. The zero-order chi connectivity index (χ0) is 21.1. The highest BCUT2D eigenvalue weighted by Gasteiger charge is 2.33. The van der Waals surface area contributed by atoms with Crippen LogP contribution in [0.25, 0.3) is 0 Å². The van der Waals surface area contributed by atoms with Gasteiger partial charge in [-0.15, -0.1) is 24.0 Å². The Labute approximate surface area is 201 Å². The molecule has 0 aliphatic carbocycles. The highest BCUT2D eigenvalue weighted by molar-refractivity contribution is 14.0. The predicted molar refractivity (Wildman–Crippen MR) is 133 cm³/mol. The summed E-state index contributed by atoms with van der Waals surface area (Å²) in [5.41, 5.74) is 0.958. The predicted octanol–water partition coefficient (Wildman–Crippen LogP) is 2.46. The summed E-state index contributed by atoms with van der Waals surface area (Å²) in [6.45, 7) is 7.18. The van der Waals surface area contributed by atoms with Gasteiger partial charge in [-0.3, -0.25) is 9.89 Å². The summed E-state index contributed by atoms with van der Waals surface area (Å²) >= 11 is 6.09. The molecule has 30 heavy (non-hydrogen) atoms. The minimum atomic E-state index is -2.94. The van der Waals surface area contributed by atoms with E-state index < -0.39 is 9.84 Å². The Kier molecular flexibility index (Phi) is 9.23. The second-order valence-electron chi connectivity index (χ2n) is 8.34. The summed E-state index contributed by atoms with van der Waals surface area (Å²) in [5.74, 6) is 1.02. The van der Waals surface area contributed by atoms with E-state index in [0.29, 0.717) is 30.6 Å². The lowest BCUT2D eigenvalue weighted by molar-refractivity contribution is -0.0971. The van der Waals surface area contributed by atoms with Crippen molar-refractivity contribution < 1.29 is 13.2 Å². The van der Waals surface area contributed by atoms with Crippen LogP contribution in [0, 0.1) is 0 Å². The first-order chi connectivity index (χ1) is 13.7. The number of halogens is 2. The van der Waals surface area contributed by atoms with E-state index in [4.69, 9.17) is 16.3 Å². The molecule has 2 N–H and O–H groups in total. The summed E-state index contributed by atoms with van der Waals surface area (Å²) in [7, 11) is -1.24. The zero-order valence-corrected chi connectivity index (χ0v) is 21.6. The monoisotopic (exact) mass is 570 g/mol. The second-order valence-corrected chi connectivity index (χ2v) is 11.0. The lowest BCUT2D eigenvalue weighted by Crippen LogP contribution is -2.52. The van der Waals surface area contributed by atoms with Crippen molar-refractivity contribution >= 4 is 51.4 Å². The van der Waals surface area contributed by atoms with Crippen LogP contribution in [0.15, 0.2) is 29.3 Å². The number of benzene rings is 1. The standard InChI is InChI=1S/C20H31ClN4O3S.HI/c1-20(2)14-25(9-10-28-20)18(15-4-6-16(21)7-5-15)12-23-19(22-3)24-17-8-11-29(26,27)13-17;/h4-7,17-18H,8-14H2,1-3H3,(H2,22,23,24);1H. The van der Waals surface area contributed by atoms with Gasteiger partial charge in [-0.05, 0) is 38.0 Å². The number of ether oxygens (including phenoxy) is 1. The summed E-state index contributed by atoms with van der Waals surface area (Å²) in [4.78, 5) is 6.70. The van der Waals surface area contributed by atoms with E-state index in [-0.39, 0.29) is 53.2 Å². The average molecular weight is 571 g/mol. The van der Waals surface area contributed by atoms with Gasteiger partial charge in [0.05, 0.1) is 29.8 Å². The van der Waals surface area contributed by atoms with Crippen molar-refractivity contribution in [2.45, 2.75) is 38.0 Å². The van der Waals surface area contributed by atoms with E-state index in [2.05, 4.69) is 46.5 Å². The number of guanidine groups is 1. The van der Waals surface area contributed by atoms with Crippen molar-refractivity contribution in [3.63, 3.8) is 0 Å². The fraction of sp³-hybridized carbons (Fsp3) is 0.650. The smallest absolute Gasteiger partial charge is 0.191 e. The zero-order valence-electron chi connectivity index (χ0n) is 17.7. The lowest BCUT2D eigenvalue weighted by atomic mass is 10.0. The Morgan fingerprint density at radius 2 is 2.07 bits per heavy atom. The normalized spacial score (nSPS) is 24.7. The number of nitrogens with zero attached hydrogens (tertiary/aromatic N) is 2. The molecule has 2 heterocycles. The van der Waals surface area contributed by atoms with Crippen molar-refractivity contribution in [2.24, 2.45) is 4.99 Å². The molecule has 2 aliphatic rings. The molecule has 1 aromatic rings. The number of morpholine rings is 1. The first kappa shape index (κ1) is 25.6. The Balaban J connectivity index is 0.00000320. The van der Waals surface area contributed by atoms with Crippen LogP contribution < -0.4 is 10.6 Å². The average Bonchev–Trinajstić information content (AvgIpc) is 3.00. The van der Waals surface area contributed by atoms with Crippen molar-refractivity contribution in [2.75, 3.05) is 44.8 Å². The van der Waals surface area contributed by atoms with Gasteiger partial charge >= 0.3 is 0 Å². The minimum Gasteiger partial charge on any atom is -0.373 e. The van der Waals surface area contributed by atoms with Crippen LogP contribution in [0.1, 0.15) is 31.9 Å². The number of hydrogen-bond donors (Lipinski definition) is 2. The summed E-state index contributed by atoms with van der Waals surface area (Å²) in [6, 6.07) is 7.94. The molecule has 2 aliphatic heterocycles. The number of nitrogens with one attached hydrogen (secondary N) is 2. The van der Waals surface area contributed by atoms with Crippen molar-refractivity contribution in [1.29, 1.82) is 0 Å². The van der Waals surface area contributed by atoms with Crippen LogP contribution in [0.3, 0.4) is 0 Å². The van der Waals surface area contributed by atoms with Crippen LogP contribution in [0.4, 0.5) is 0 Å².